The molecule has 0 aromatic heterocycles. The summed E-state index contributed by atoms with van der Waals surface area (Å²) in [6, 6.07) is 24.3. The number of hydrogen-bond acceptors (Lipinski definition) is 4. The fraction of sp³-hybridized carbons (Fsp3) is 0.220. The number of aryl methyl sites for hydroxylation is 9. The second-order valence-corrected chi connectivity index (χ2v) is 14.3. The fourth-order valence-corrected chi connectivity index (χ4v) is 7.85. The molecule has 5 aromatic rings. The van der Waals surface area contributed by atoms with Crippen molar-refractivity contribution < 1.29 is 19.6 Å². The van der Waals surface area contributed by atoms with Crippen molar-refractivity contribution >= 4 is 57.0 Å². The lowest BCUT2D eigenvalue weighted by Gasteiger charge is -2.16. The minimum atomic E-state index is -1.36. The van der Waals surface area contributed by atoms with E-state index in [4.69, 9.17) is 10.0 Å². The second kappa shape index (κ2) is 17.2. The zero-order valence-electron chi connectivity index (χ0n) is 29.1. The van der Waals surface area contributed by atoms with Crippen molar-refractivity contribution in [2.45, 2.75) is 62.3 Å². The third-order valence-corrected chi connectivity index (χ3v) is 8.96. The molecule has 248 valence electrons. The normalized spacial score (nSPS) is 10.4. The Morgan fingerprint density at radius 1 is 0.458 bits per heavy atom. The molecule has 4 nitrogen and oxygen atoms in total. The Morgan fingerprint density at radius 3 is 1.08 bits per heavy atom. The number of carbonyl (C=O) groups is 2. The fourth-order valence-electron chi connectivity index (χ4n) is 6.52. The van der Waals surface area contributed by atoms with Gasteiger partial charge in [-0.25, -0.2) is 0 Å². The summed E-state index contributed by atoms with van der Waals surface area (Å²) < 4.78 is 1.81. The molecule has 0 spiro atoms. The van der Waals surface area contributed by atoms with Crippen LogP contribution < -0.4 is 5.46 Å². The topological polar surface area (TPSA) is 74.6 Å². The molecule has 0 saturated carbocycles. The van der Waals surface area contributed by atoms with E-state index in [1.807, 2.05) is 51.1 Å². The zero-order valence-corrected chi connectivity index (χ0v) is 32.3. The number of rotatable bonds is 5. The van der Waals surface area contributed by atoms with Crippen LogP contribution in [0.5, 0.6) is 0 Å². The largest absolute Gasteiger partial charge is 0.488 e. The van der Waals surface area contributed by atoms with Gasteiger partial charge in [-0.3, -0.25) is 9.59 Å². The van der Waals surface area contributed by atoms with Gasteiger partial charge in [0, 0.05) is 20.1 Å². The van der Waals surface area contributed by atoms with Crippen molar-refractivity contribution in [1.82, 2.24) is 0 Å². The molecule has 0 radical (unpaired) electrons. The van der Waals surface area contributed by atoms with E-state index < -0.39 is 7.12 Å². The Bertz CT molecular complexity index is 1800. The third kappa shape index (κ3) is 10.2. The van der Waals surface area contributed by atoms with Gasteiger partial charge in [-0.15, -0.1) is 0 Å². The van der Waals surface area contributed by atoms with Gasteiger partial charge >= 0.3 is 7.12 Å². The Hall–Kier alpha value is -3.62. The monoisotopic (exact) mass is 768 g/mol. The molecule has 5 rings (SSSR count). The number of aldehydes is 2. The highest BCUT2D eigenvalue weighted by Gasteiger charge is 2.16. The molecule has 0 aliphatic heterocycles. The molecule has 0 heterocycles. The summed E-state index contributed by atoms with van der Waals surface area (Å²) in [6.07, 6.45) is 1.76. The Balaban J connectivity index is 0.000000234. The molecule has 0 unspecified atom stereocenters. The zero-order chi connectivity index (χ0) is 35.9. The summed E-state index contributed by atoms with van der Waals surface area (Å²) in [4.78, 5) is 21.9. The summed E-state index contributed by atoms with van der Waals surface area (Å²) in [5.41, 5.74) is 17.2. The first-order chi connectivity index (χ1) is 22.5. The van der Waals surface area contributed by atoms with E-state index >= 15 is 0 Å². The predicted octanol–water partition coefficient (Wildman–Crippen LogP) is 10.00. The summed E-state index contributed by atoms with van der Waals surface area (Å²) in [6.45, 7) is 18.6. The van der Waals surface area contributed by atoms with Crippen LogP contribution in [0.25, 0.3) is 22.3 Å². The molecule has 0 aliphatic rings. The minimum absolute atomic E-state index is 0.626. The third-order valence-electron chi connectivity index (χ3n) is 8.04. The van der Waals surface area contributed by atoms with Crippen LogP contribution in [0.15, 0.2) is 81.7 Å². The highest BCUT2D eigenvalue weighted by atomic mass is 79.9. The summed E-state index contributed by atoms with van der Waals surface area (Å²) in [5.74, 6) is 0. The van der Waals surface area contributed by atoms with E-state index in [0.29, 0.717) is 11.0 Å². The van der Waals surface area contributed by atoms with Crippen molar-refractivity contribution in [2.24, 2.45) is 0 Å². The van der Waals surface area contributed by atoms with E-state index in [0.717, 1.165) is 54.9 Å². The van der Waals surface area contributed by atoms with Gasteiger partial charge in [0.25, 0.3) is 0 Å². The Morgan fingerprint density at radius 2 is 0.771 bits per heavy atom. The first-order valence-electron chi connectivity index (χ1n) is 15.7. The van der Waals surface area contributed by atoms with E-state index in [9.17, 15) is 9.59 Å². The van der Waals surface area contributed by atoms with Crippen molar-refractivity contribution in [3.8, 4) is 22.3 Å². The average Bonchev–Trinajstić information content (AvgIpc) is 2.95. The first-order valence-corrected chi connectivity index (χ1v) is 17.2. The standard InChI is InChI=1S/C25H26O.C9H13BO2.C7H4Br2O/c1-15-7-17(3)24(18(4)8-15)22-11-21(14-26)12-23(13-22)25-19(5)9-16(2)10-20(25)6;1-6-4-7(2)9(10(11)12)8(3)5-6;8-6-1-5(4-10)2-7(9)3-6/h7-14H,1-6H3;4-5,11-12H,1-3H3;1-4H. The average molecular weight is 770 g/mol. The quantitative estimate of drug-likeness (QED) is 0.138. The van der Waals surface area contributed by atoms with Gasteiger partial charge in [-0.2, -0.15) is 0 Å². The lowest BCUT2D eigenvalue weighted by atomic mass is 9.74. The maximum Gasteiger partial charge on any atom is 0.488 e. The van der Waals surface area contributed by atoms with Crippen molar-refractivity contribution in [1.29, 1.82) is 0 Å². The first kappa shape index (κ1) is 38.8. The van der Waals surface area contributed by atoms with Crippen LogP contribution >= 0.6 is 31.9 Å². The molecular weight excluding hydrogens is 727 g/mol. The van der Waals surface area contributed by atoms with Gasteiger partial charge < -0.3 is 10.0 Å². The smallest absolute Gasteiger partial charge is 0.423 e. The van der Waals surface area contributed by atoms with E-state index in [1.54, 1.807) is 12.1 Å². The molecule has 0 saturated heterocycles. The van der Waals surface area contributed by atoms with Gasteiger partial charge in [-0.1, -0.05) is 96.1 Å². The van der Waals surface area contributed by atoms with Crippen LogP contribution in [0.1, 0.15) is 70.8 Å². The van der Waals surface area contributed by atoms with Crippen molar-refractivity contribution in [3.05, 3.63) is 143 Å². The number of benzene rings is 5. The molecule has 0 fully saturated rings. The van der Waals surface area contributed by atoms with Gasteiger partial charge in [0.05, 0.1) is 0 Å². The summed E-state index contributed by atoms with van der Waals surface area (Å²) in [7, 11) is -1.36. The number of carbonyl (C=O) groups excluding carboxylic acids is 2. The van der Waals surface area contributed by atoms with Crippen molar-refractivity contribution in [3.63, 3.8) is 0 Å². The molecular formula is C41H43BBr2O4. The summed E-state index contributed by atoms with van der Waals surface area (Å²) >= 11 is 6.53. The molecule has 0 atom stereocenters. The number of halogens is 2. The van der Waals surface area contributed by atoms with E-state index in [2.05, 4.69) is 104 Å². The summed E-state index contributed by atoms with van der Waals surface area (Å²) in [5, 5.41) is 18.1. The van der Waals surface area contributed by atoms with E-state index in [-0.39, 0.29) is 0 Å². The maximum atomic E-state index is 11.6. The SMILES string of the molecule is Cc1cc(C)c(-c2cc(C=O)cc(-c3c(C)cc(C)cc3C)c2)c(C)c1.Cc1cc(C)c(B(O)O)c(C)c1.O=Cc1cc(Br)cc(Br)c1. The Labute approximate surface area is 302 Å². The molecule has 5 aromatic carbocycles. The lowest BCUT2D eigenvalue weighted by molar-refractivity contribution is 0.111. The van der Waals surface area contributed by atoms with Crippen LogP contribution in [0, 0.1) is 62.3 Å². The minimum Gasteiger partial charge on any atom is -0.423 e. The second-order valence-electron chi connectivity index (χ2n) is 12.5. The predicted molar refractivity (Wildman–Crippen MR) is 209 cm³/mol. The van der Waals surface area contributed by atoms with Crippen LogP contribution in [-0.4, -0.2) is 29.7 Å². The number of hydrogen-bond donors (Lipinski definition) is 2. The van der Waals surface area contributed by atoms with Gasteiger partial charge in [0.2, 0.25) is 0 Å². The highest BCUT2D eigenvalue weighted by Crippen LogP contribution is 2.35. The molecule has 0 bridgehead atoms. The van der Waals surface area contributed by atoms with E-state index in [1.165, 1.54) is 44.5 Å². The highest BCUT2D eigenvalue weighted by molar-refractivity contribution is 9.11. The maximum absolute atomic E-state index is 11.6. The Kier molecular flexibility index (Phi) is 13.9. The van der Waals surface area contributed by atoms with Crippen LogP contribution in [-0.2, 0) is 0 Å². The van der Waals surface area contributed by atoms with Gasteiger partial charge in [0.1, 0.15) is 12.6 Å². The molecule has 7 heteroatoms. The van der Waals surface area contributed by atoms with Crippen LogP contribution in [0.4, 0.5) is 0 Å². The molecule has 0 amide bonds. The van der Waals surface area contributed by atoms with Crippen molar-refractivity contribution in [2.75, 3.05) is 0 Å². The molecule has 0 aliphatic carbocycles. The van der Waals surface area contributed by atoms with Gasteiger partial charge in [-0.05, 0) is 149 Å². The van der Waals surface area contributed by atoms with Crippen LogP contribution in [0.3, 0.4) is 0 Å². The molecule has 2 N–H and O–H groups in total. The van der Waals surface area contributed by atoms with Gasteiger partial charge in [0.15, 0.2) is 0 Å². The lowest BCUT2D eigenvalue weighted by Crippen LogP contribution is -2.34. The molecule has 48 heavy (non-hydrogen) atoms. The van der Waals surface area contributed by atoms with Crippen LogP contribution in [0.2, 0.25) is 0 Å².